The van der Waals surface area contributed by atoms with E-state index in [0.29, 0.717) is 6.04 Å². The van der Waals surface area contributed by atoms with E-state index in [0.717, 1.165) is 11.7 Å². The third kappa shape index (κ3) is 2.72. The highest BCUT2D eigenvalue weighted by atomic mass is 32.2. The van der Waals surface area contributed by atoms with Gasteiger partial charge >= 0.3 is 0 Å². The Morgan fingerprint density at radius 3 is 3.00 bits per heavy atom. The number of aromatic nitrogens is 2. The lowest BCUT2D eigenvalue weighted by Crippen LogP contribution is -2.39. The predicted molar refractivity (Wildman–Crippen MR) is 87.4 cm³/mol. The van der Waals surface area contributed by atoms with Crippen molar-refractivity contribution in [2.45, 2.75) is 37.0 Å². The molecule has 2 aromatic rings. The molecular weight excluding hydrogens is 266 g/mol. The molecule has 0 bridgehead atoms. The number of thioether (sulfide) groups is 1. The molecule has 1 fully saturated rings. The maximum Gasteiger partial charge on any atom is 0.0719 e. The first-order chi connectivity index (χ1) is 9.79. The molecule has 0 aliphatic carbocycles. The summed E-state index contributed by atoms with van der Waals surface area (Å²) in [4.78, 5) is 0. The number of para-hydroxylation sites is 1. The Kier molecular flexibility index (Phi) is 4.32. The van der Waals surface area contributed by atoms with E-state index in [2.05, 4.69) is 48.4 Å². The van der Waals surface area contributed by atoms with Crippen LogP contribution in [0.2, 0.25) is 0 Å². The lowest BCUT2D eigenvalue weighted by Gasteiger charge is -2.29. The van der Waals surface area contributed by atoms with Crippen molar-refractivity contribution in [2.75, 3.05) is 12.8 Å². The van der Waals surface area contributed by atoms with Crippen LogP contribution >= 0.6 is 11.8 Å². The predicted octanol–water partition coefficient (Wildman–Crippen LogP) is 2.99. The van der Waals surface area contributed by atoms with Crippen LogP contribution in [0, 0.1) is 0 Å². The van der Waals surface area contributed by atoms with Crippen LogP contribution in [-0.4, -0.2) is 33.9 Å². The fourth-order valence-corrected chi connectivity index (χ4v) is 4.62. The van der Waals surface area contributed by atoms with E-state index in [-0.39, 0.29) is 0 Å². The minimum absolute atomic E-state index is 0.526. The Bertz CT molecular complexity index is 572. The van der Waals surface area contributed by atoms with Gasteiger partial charge in [-0.2, -0.15) is 16.9 Å². The highest BCUT2D eigenvalue weighted by Crippen LogP contribution is 2.29. The van der Waals surface area contributed by atoms with Gasteiger partial charge in [-0.3, -0.25) is 4.68 Å². The summed E-state index contributed by atoms with van der Waals surface area (Å²) in [6.45, 7) is 0. The molecule has 20 heavy (non-hydrogen) atoms. The number of fused-ring (bicyclic) bond motifs is 1. The molecule has 1 aliphatic heterocycles. The summed E-state index contributed by atoms with van der Waals surface area (Å²) in [6.07, 6.45) is 5.11. The van der Waals surface area contributed by atoms with Crippen LogP contribution in [0.25, 0.3) is 10.9 Å². The van der Waals surface area contributed by atoms with Crippen molar-refractivity contribution in [1.82, 2.24) is 15.1 Å². The fourth-order valence-electron chi connectivity index (χ4n) is 3.15. The second-order valence-electron chi connectivity index (χ2n) is 5.59. The zero-order valence-corrected chi connectivity index (χ0v) is 13.1. The molecule has 1 aromatic heterocycles. The summed E-state index contributed by atoms with van der Waals surface area (Å²) in [6, 6.07) is 9.06. The van der Waals surface area contributed by atoms with Crippen LogP contribution in [0.5, 0.6) is 0 Å². The molecule has 1 aliphatic rings. The topological polar surface area (TPSA) is 29.9 Å². The third-order valence-electron chi connectivity index (χ3n) is 4.28. The minimum Gasteiger partial charge on any atom is -0.316 e. The summed E-state index contributed by atoms with van der Waals surface area (Å²) >= 11 is 2.13. The van der Waals surface area contributed by atoms with Crippen LogP contribution < -0.4 is 5.32 Å². The van der Waals surface area contributed by atoms with Gasteiger partial charge in [0, 0.05) is 30.1 Å². The smallest absolute Gasteiger partial charge is 0.0719 e. The van der Waals surface area contributed by atoms with Crippen molar-refractivity contribution in [2.24, 2.45) is 7.05 Å². The van der Waals surface area contributed by atoms with E-state index in [9.17, 15) is 0 Å². The summed E-state index contributed by atoms with van der Waals surface area (Å²) in [5.41, 5.74) is 2.46. The van der Waals surface area contributed by atoms with E-state index in [1.165, 1.54) is 41.6 Å². The molecule has 1 aromatic carbocycles. The Balaban J connectivity index is 1.83. The normalized spacial score (nSPS) is 21.2. The van der Waals surface area contributed by atoms with Crippen LogP contribution in [0.4, 0.5) is 0 Å². The van der Waals surface area contributed by atoms with Crippen molar-refractivity contribution < 1.29 is 0 Å². The minimum atomic E-state index is 0.526. The van der Waals surface area contributed by atoms with Crippen LogP contribution in [0.3, 0.4) is 0 Å². The van der Waals surface area contributed by atoms with Gasteiger partial charge in [-0.25, -0.2) is 0 Å². The van der Waals surface area contributed by atoms with Gasteiger partial charge in [0.2, 0.25) is 0 Å². The van der Waals surface area contributed by atoms with Gasteiger partial charge in [0.05, 0.1) is 11.2 Å². The van der Waals surface area contributed by atoms with E-state index < -0.39 is 0 Å². The van der Waals surface area contributed by atoms with Crippen molar-refractivity contribution in [3.05, 3.63) is 30.0 Å². The standard InChI is InChI=1S/C16H23N3S/c1-17-14(16-9-5-6-10-20-16)11-13-12-7-3-4-8-15(12)19(2)18-13/h3-4,7-8,14,16-17H,5-6,9-11H2,1-2H3. The van der Waals surface area contributed by atoms with Gasteiger partial charge in [0.1, 0.15) is 0 Å². The molecular formula is C16H23N3S. The van der Waals surface area contributed by atoms with E-state index in [1.54, 1.807) is 0 Å². The second kappa shape index (κ2) is 6.19. The maximum atomic E-state index is 4.74. The molecule has 0 radical (unpaired) electrons. The molecule has 3 rings (SSSR count). The van der Waals surface area contributed by atoms with Crippen molar-refractivity contribution >= 4 is 22.7 Å². The average Bonchev–Trinajstić information content (AvgIpc) is 2.82. The van der Waals surface area contributed by atoms with Crippen molar-refractivity contribution in [3.63, 3.8) is 0 Å². The van der Waals surface area contributed by atoms with Crippen LogP contribution in [0.15, 0.2) is 24.3 Å². The number of rotatable bonds is 4. The van der Waals surface area contributed by atoms with Gasteiger partial charge in [-0.05, 0) is 31.7 Å². The SMILES string of the molecule is CNC(Cc1nn(C)c2ccccc12)C1CCCCS1. The van der Waals surface area contributed by atoms with Gasteiger partial charge in [-0.15, -0.1) is 0 Å². The van der Waals surface area contributed by atoms with Crippen LogP contribution in [0.1, 0.15) is 25.0 Å². The van der Waals surface area contributed by atoms with E-state index in [1.807, 2.05) is 11.7 Å². The molecule has 3 nitrogen and oxygen atoms in total. The highest BCUT2D eigenvalue weighted by molar-refractivity contribution is 8.00. The van der Waals surface area contributed by atoms with E-state index >= 15 is 0 Å². The van der Waals surface area contributed by atoms with Gasteiger partial charge in [-0.1, -0.05) is 24.6 Å². The molecule has 0 spiro atoms. The molecule has 2 heterocycles. The maximum absolute atomic E-state index is 4.74. The zero-order valence-electron chi connectivity index (χ0n) is 12.3. The molecule has 1 N–H and O–H groups in total. The van der Waals surface area contributed by atoms with E-state index in [4.69, 9.17) is 5.10 Å². The number of benzene rings is 1. The first-order valence-corrected chi connectivity index (χ1v) is 8.54. The Morgan fingerprint density at radius 1 is 1.40 bits per heavy atom. The van der Waals surface area contributed by atoms with Gasteiger partial charge in [0.25, 0.3) is 0 Å². The Hall–Kier alpha value is -1.00. The molecule has 2 atom stereocenters. The summed E-state index contributed by atoms with van der Waals surface area (Å²) in [5.74, 6) is 1.31. The van der Waals surface area contributed by atoms with Crippen molar-refractivity contribution in [3.8, 4) is 0 Å². The van der Waals surface area contributed by atoms with Crippen molar-refractivity contribution in [1.29, 1.82) is 0 Å². The zero-order chi connectivity index (χ0) is 13.9. The monoisotopic (exact) mass is 289 g/mol. The van der Waals surface area contributed by atoms with Gasteiger partial charge < -0.3 is 5.32 Å². The first kappa shape index (κ1) is 14.0. The molecule has 4 heteroatoms. The number of nitrogens with one attached hydrogen (secondary N) is 1. The molecule has 108 valence electrons. The second-order valence-corrected chi connectivity index (χ2v) is 6.94. The average molecular weight is 289 g/mol. The first-order valence-electron chi connectivity index (χ1n) is 7.49. The molecule has 0 saturated carbocycles. The number of likely N-dealkylation sites (N-methyl/N-ethyl adjacent to an activating group) is 1. The van der Waals surface area contributed by atoms with Gasteiger partial charge in [0.15, 0.2) is 0 Å². The largest absolute Gasteiger partial charge is 0.316 e. The number of hydrogen-bond donors (Lipinski definition) is 1. The van der Waals surface area contributed by atoms with Crippen LogP contribution in [-0.2, 0) is 13.5 Å². The molecule has 1 saturated heterocycles. The lowest BCUT2D eigenvalue weighted by atomic mass is 10.0. The third-order valence-corrected chi connectivity index (χ3v) is 5.80. The molecule has 0 amide bonds. The Morgan fingerprint density at radius 2 is 2.25 bits per heavy atom. The quantitative estimate of drug-likeness (QED) is 0.938. The number of aryl methyl sites for hydroxylation is 1. The molecule has 2 unspecified atom stereocenters. The Labute approximate surface area is 125 Å². The highest BCUT2D eigenvalue weighted by Gasteiger charge is 2.24. The summed E-state index contributed by atoms with van der Waals surface area (Å²) in [5, 5.41) is 10.3. The fraction of sp³-hybridized carbons (Fsp3) is 0.562. The summed E-state index contributed by atoms with van der Waals surface area (Å²) in [7, 11) is 4.13. The summed E-state index contributed by atoms with van der Waals surface area (Å²) < 4.78 is 2.01. The number of hydrogen-bond acceptors (Lipinski definition) is 3. The number of nitrogens with zero attached hydrogens (tertiary/aromatic N) is 2. The lowest BCUT2D eigenvalue weighted by molar-refractivity contribution is 0.490.